The Kier molecular flexibility index (Phi) is 7.14. The zero-order valence-corrected chi connectivity index (χ0v) is 14.4. The van der Waals surface area contributed by atoms with Gasteiger partial charge in [-0.25, -0.2) is 0 Å². The Hall–Kier alpha value is -1.81. The molecule has 1 nitrogen and oxygen atoms in total. The molecule has 23 heavy (non-hydrogen) atoms. The van der Waals surface area contributed by atoms with Gasteiger partial charge in [0.25, 0.3) is 0 Å². The van der Waals surface area contributed by atoms with Crippen LogP contribution >= 0.6 is 0 Å². The van der Waals surface area contributed by atoms with Gasteiger partial charge in [-0.15, -0.1) is 0 Å². The summed E-state index contributed by atoms with van der Waals surface area (Å²) in [6, 6.07) is 13.0. The predicted molar refractivity (Wildman–Crippen MR) is 98.8 cm³/mol. The van der Waals surface area contributed by atoms with Crippen LogP contribution in [0, 0.1) is 16.7 Å². The van der Waals surface area contributed by atoms with Crippen LogP contribution in [-0.4, -0.2) is 0 Å². The first-order valence-electron chi connectivity index (χ1n) is 9.16. The predicted octanol–water partition coefficient (Wildman–Crippen LogP) is 6.68. The van der Waals surface area contributed by atoms with E-state index in [4.69, 9.17) is 0 Å². The van der Waals surface area contributed by atoms with E-state index in [2.05, 4.69) is 55.5 Å². The number of benzene rings is 1. The average Bonchev–Trinajstić information content (AvgIpc) is 2.62. The van der Waals surface area contributed by atoms with Crippen molar-refractivity contribution in [1.29, 1.82) is 5.26 Å². The van der Waals surface area contributed by atoms with Crippen LogP contribution in [0.2, 0.25) is 0 Å². The van der Waals surface area contributed by atoms with E-state index in [1.807, 2.05) is 6.07 Å². The van der Waals surface area contributed by atoms with Gasteiger partial charge < -0.3 is 0 Å². The Morgan fingerprint density at radius 1 is 1.00 bits per heavy atom. The molecule has 1 heteroatoms. The van der Waals surface area contributed by atoms with Gasteiger partial charge in [0, 0.05) is 0 Å². The van der Waals surface area contributed by atoms with E-state index in [1.165, 1.54) is 56.1 Å². The van der Waals surface area contributed by atoms with Crippen LogP contribution in [-0.2, 0) is 0 Å². The summed E-state index contributed by atoms with van der Waals surface area (Å²) < 4.78 is 0. The third-order valence-electron chi connectivity index (χ3n) is 4.82. The monoisotopic (exact) mass is 307 g/mol. The molecule has 1 atom stereocenters. The first-order valence-corrected chi connectivity index (χ1v) is 9.16. The molecule has 0 spiro atoms. The van der Waals surface area contributed by atoms with E-state index in [1.54, 1.807) is 0 Å². The molecule has 0 aromatic heterocycles. The SMILES string of the molecule is CCCCCCCCC[C@]1(C#N)C=CC(c2ccccc2)=CC1. The fourth-order valence-electron chi connectivity index (χ4n) is 3.24. The zero-order valence-electron chi connectivity index (χ0n) is 14.4. The van der Waals surface area contributed by atoms with E-state index in [-0.39, 0.29) is 5.41 Å². The molecule has 1 aromatic rings. The Balaban J connectivity index is 1.79. The maximum atomic E-state index is 9.64. The van der Waals surface area contributed by atoms with Crippen LogP contribution < -0.4 is 0 Å². The highest BCUT2D eigenvalue weighted by Crippen LogP contribution is 2.37. The first kappa shape index (κ1) is 17.5. The molecule has 0 unspecified atom stereocenters. The van der Waals surface area contributed by atoms with Crippen molar-refractivity contribution in [2.24, 2.45) is 5.41 Å². The number of nitriles is 1. The minimum absolute atomic E-state index is 0.276. The van der Waals surface area contributed by atoms with Gasteiger partial charge in [-0.3, -0.25) is 0 Å². The van der Waals surface area contributed by atoms with E-state index in [9.17, 15) is 5.26 Å². The van der Waals surface area contributed by atoms with Crippen molar-refractivity contribution in [2.75, 3.05) is 0 Å². The third kappa shape index (κ3) is 5.39. The quantitative estimate of drug-likeness (QED) is 0.467. The second kappa shape index (κ2) is 9.36. The molecule has 2 rings (SSSR count). The van der Waals surface area contributed by atoms with Gasteiger partial charge in [-0.05, 0) is 24.0 Å². The number of nitrogens with zero attached hydrogens (tertiary/aromatic N) is 1. The Morgan fingerprint density at radius 2 is 1.70 bits per heavy atom. The molecule has 0 saturated heterocycles. The Labute approximate surface area is 141 Å². The summed E-state index contributed by atoms with van der Waals surface area (Å²) in [5, 5.41) is 9.64. The zero-order chi connectivity index (χ0) is 16.4. The maximum absolute atomic E-state index is 9.64. The second-order valence-electron chi connectivity index (χ2n) is 6.70. The topological polar surface area (TPSA) is 23.8 Å². The van der Waals surface area contributed by atoms with Crippen molar-refractivity contribution in [3.63, 3.8) is 0 Å². The Morgan fingerprint density at radius 3 is 2.30 bits per heavy atom. The van der Waals surface area contributed by atoms with Gasteiger partial charge in [-0.1, -0.05) is 100 Å². The largest absolute Gasteiger partial charge is 0.197 e. The molecule has 1 aliphatic carbocycles. The smallest absolute Gasteiger partial charge is 0.0791 e. The van der Waals surface area contributed by atoms with Crippen LogP contribution in [0.1, 0.15) is 70.3 Å². The summed E-state index contributed by atoms with van der Waals surface area (Å²) in [5.74, 6) is 0. The van der Waals surface area contributed by atoms with Crippen molar-refractivity contribution in [3.8, 4) is 6.07 Å². The number of hydrogen-bond acceptors (Lipinski definition) is 1. The summed E-state index contributed by atoms with van der Waals surface area (Å²) in [4.78, 5) is 0. The van der Waals surface area contributed by atoms with Gasteiger partial charge in [-0.2, -0.15) is 5.26 Å². The number of rotatable bonds is 9. The highest BCUT2D eigenvalue weighted by molar-refractivity contribution is 5.75. The molecule has 0 N–H and O–H groups in total. The van der Waals surface area contributed by atoms with Crippen LogP contribution in [0.25, 0.3) is 5.57 Å². The van der Waals surface area contributed by atoms with Crippen molar-refractivity contribution < 1.29 is 0 Å². The molecule has 0 fully saturated rings. The maximum Gasteiger partial charge on any atom is 0.0791 e. The fourth-order valence-corrected chi connectivity index (χ4v) is 3.24. The lowest BCUT2D eigenvalue weighted by Crippen LogP contribution is -2.17. The summed E-state index contributed by atoms with van der Waals surface area (Å²) in [6.07, 6.45) is 17.5. The fraction of sp³-hybridized carbons (Fsp3) is 0.500. The first-order chi connectivity index (χ1) is 11.3. The summed E-state index contributed by atoms with van der Waals surface area (Å²) in [6.45, 7) is 2.25. The number of unbranched alkanes of at least 4 members (excludes halogenated alkanes) is 6. The van der Waals surface area contributed by atoms with Gasteiger partial charge in [0.05, 0.1) is 11.5 Å². The van der Waals surface area contributed by atoms with E-state index >= 15 is 0 Å². The summed E-state index contributed by atoms with van der Waals surface area (Å²) in [7, 11) is 0. The molecule has 0 radical (unpaired) electrons. The van der Waals surface area contributed by atoms with Crippen molar-refractivity contribution in [3.05, 3.63) is 54.1 Å². The molecule has 1 aliphatic rings. The minimum atomic E-state index is -0.276. The van der Waals surface area contributed by atoms with Gasteiger partial charge >= 0.3 is 0 Å². The van der Waals surface area contributed by atoms with Crippen molar-refractivity contribution in [1.82, 2.24) is 0 Å². The molecular weight excluding hydrogens is 278 g/mol. The average molecular weight is 307 g/mol. The van der Waals surface area contributed by atoms with Crippen LogP contribution in [0.3, 0.4) is 0 Å². The molecule has 1 aromatic carbocycles. The highest BCUT2D eigenvalue weighted by atomic mass is 14.4. The highest BCUT2D eigenvalue weighted by Gasteiger charge is 2.27. The van der Waals surface area contributed by atoms with Gasteiger partial charge in [0.15, 0.2) is 0 Å². The van der Waals surface area contributed by atoms with Crippen LogP contribution in [0.15, 0.2) is 48.6 Å². The van der Waals surface area contributed by atoms with E-state index in [0.717, 1.165) is 12.8 Å². The summed E-state index contributed by atoms with van der Waals surface area (Å²) in [5.41, 5.74) is 2.21. The second-order valence-corrected chi connectivity index (χ2v) is 6.70. The molecule has 0 aliphatic heterocycles. The number of allylic oxidation sites excluding steroid dienone is 4. The normalized spacial score (nSPS) is 20.1. The summed E-state index contributed by atoms with van der Waals surface area (Å²) >= 11 is 0. The lowest BCUT2D eigenvalue weighted by molar-refractivity contribution is 0.431. The molecule has 0 amide bonds. The molecule has 0 heterocycles. The number of hydrogen-bond donors (Lipinski definition) is 0. The van der Waals surface area contributed by atoms with Gasteiger partial charge in [0.2, 0.25) is 0 Å². The van der Waals surface area contributed by atoms with E-state index in [0.29, 0.717) is 0 Å². The molecular formula is C22H29N. The van der Waals surface area contributed by atoms with E-state index < -0.39 is 0 Å². The van der Waals surface area contributed by atoms with Gasteiger partial charge in [0.1, 0.15) is 0 Å². The lowest BCUT2D eigenvalue weighted by atomic mass is 9.76. The standard InChI is InChI=1S/C22H29N/c1-2-3-4-5-6-7-11-16-22(19-23)17-14-21(15-18-22)20-12-9-8-10-13-20/h8-10,12-15,17H,2-7,11,16,18H2,1H3/t22-/m0/s1. The molecule has 0 saturated carbocycles. The van der Waals surface area contributed by atoms with Crippen molar-refractivity contribution >= 4 is 5.57 Å². The van der Waals surface area contributed by atoms with Crippen molar-refractivity contribution in [2.45, 2.75) is 64.7 Å². The van der Waals surface area contributed by atoms with Crippen LogP contribution in [0.5, 0.6) is 0 Å². The third-order valence-corrected chi connectivity index (χ3v) is 4.82. The Bertz CT molecular complexity index is 561. The molecule has 122 valence electrons. The van der Waals surface area contributed by atoms with Crippen LogP contribution in [0.4, 0.5) is 0 Å². The molecule has 0 bridgehead atoms. The minimum Gasteiger partial charge on any atom is -0.197 e. The lowest BCUT2D eigenvalue weighted by Gasteiger charge is -2.25.